The van der Waals surface area contributed by atoms with E-state index in [9.17, 15) is 0 Å². The van der Waals surface area contributed by atoms with E-state index < -0.39 is 0 Å². The maximum atomic E-state index is 5.92. The van der Waals surface area contributed by atoms with Crippen LogP contribution in [0, 0.1) is 0 Å². The van der Waals surface area contributed by atoms with Crippen molar-refractivity contribution in [2.75, 3.05) is 18.0 Å². The average molecular weight is 232 g/mol. The number of anilines is 1. The molecule has 0 atom stereocenters. The van der Waals surface area contributed by atoms with E-state index in [4.69, 9.17) is 10.7 Å². The first kappa shape index (κ1) is 11.0. The SMILES string of the molecule is CC1(c2ccnc(N3CCC(N)CC3)n2)CC1. The zero-order valence-corrected chi connectivity index (χ0v) is 10.4. The minimum absolute atomic E-state index is 0.323. The number of piperidine rings is 1. The molecular weight excluding hydrogens is 212 g/mol. The monoisotopic (exact) mass is 232 g/mol. The molecule has 1 aliphatic heterocycles. The van der Waals surface area contributed by atoms with Crippen molar-refractivity contribution in [2.24, 2.45) is 5.73 Å². The van der Waals surface area contributed by atoms with Gasteiger partial charge in [-0.2, -0.15) is 0 Å². The van der Waals surface area contributed by atoms with Crippen molar-refractivity contribution in [3.63, 3.8) is 0 Å². The van der Waals surface area contributed by atoms with Gasteiger partial charge in [0.05, 0.1) is 5.69 Å². The number of hydrogen-bond acceptors (Lipinski definition) is 4. The fraction of sp³-hybridized carbons (Fsp3) is 0.692. The molecule has 0 unspecified atom stereocenters. The Morgan fingerprint density at radius 1 is 1.35 bits per heavy atom. The molecule has 92 valence electrons. The second-order valence-electron chi connectivity index (χ2n) is 5.63. The standard InChI is InChI=1S/C13H20N4/c1-13(5-6-13)11-2-7-15-12(16-11)17-8-3-10(14)4-9-17/h2,7,10H,3-6,8-9,14H2,1H3. The smallest absolute Gasteiger partial charge is 0.225 e. The van der Waals surface area contributed by atoms with Gasteiger partial charge in [0.15, 0.2) is 0 Å². The molecule has 0 aromatic carbocycles. The normalized spacial score (nSPS) is 23.8. The summed E-state index contributed by atoms with van der Waals surface area (Å²) >= 11 is 0. The van der Waals surface area contributed by atoms with Crippen molar-refractivity contribution < 1.29 is 0 Å². The van der Waals surface area contributed by atoms with Gasteiger partial charge in [-0.25, -0.2) is 9.97 Å². The lowest BCUT2D eigenvalue weighted by Gasteiger charge is -2.30. The van der Waals surface area contributed by atoms with Crippen LogP contribution < -0.4 is 10.6 Å². The van der Waals surface area contributed by atoms with Crippen LogP contribution in [-0.2, 0) is 5.41 Å². The zero-order chi connectivity index (χ0) is 11.9. The molecule has 2 aliphatic rings. The summed E-state index contributed by atoms with van der Waals surface area (Å²) in [4.78, 5) is 11.4. The van der Waals surface area contributed by atoms with Crippen molar-refractivity contribution in [2.45, 2.75) is 44.1 Å². The Bertz CT molecular complexity index is 406. The third-order valence-corrected chi connectivity index (χ3v) is 4.08. The van der Waals surface area contributed by atoms with Gasteiger partial charge in [-0.1, -0.05) is 6.92 Å². The number of hydrogen-bond donors (Lipinski definition) is 1. The number of rotatable bonds is 2. The van der Waals surface area contributed by atoms with E-state index in [-0.39, 0.29) is 0 Å². The lowest BCUT2D eigenvalue weighted by Crippen LogP contribution is -2.40. The van der Waals surface area contributed by atoms with E-state index in [0.717, 1.165) is 31.9 Å². The van der Waals surface area contributed by atoms with Gasteiger partial charge in [0.25, 0.3) is 0 Å². The van der Waals surface area contributed by atoms with Gasteiger partial charge in [0.2, 0.25) is 5.95 Å². The third-order valence-electron chi connectivity index (χ3n) is 4.08. The van der Waals surface area contributed by atoms with Crippen LogP contribution in [0.2, 0.25) is 0 Å². The van der Waals surface area contributed by atoms with Crippen LogP contribution in [0.3, 0.4) is 0 Å². The number of nitrogens with two attached hydrogens (primary N) is 1. The molecule has 0 spiro atoms. The Morgan fingerprint density at radius 3 is 2.71 bits per heavy atom. The first-order valence-electron chi connectivity index (χ1n) is 6.51. The lowest BCUT2D eigenvalue weighted by molar-refractivity contribution is 0.494. The molecule has 1 saturated heterocycles. The minimum atomic E-state index is 0.323. The highest BCUT2D eigenvalue weighted by Gasteiger charge is 2.40. The topological polar surface area (TPSA) is 55.0 Å². The summed E-state index contributed by atoms with van der Waals surface area (Å²) in [5, 5.41) is 0. The van der Waals surface area contributed by atoms with Gasteiger partial charge in [0.1, 0.15) is 0 Å². The number of aromatic nitrogens is 2. The van der Waals surface area contributed by atoms with E-state index in [2.05, 4.69) is 22.9 Å². The molecule has 1 aromatic heterocycles. The summed E-state index contributed by atoms with van der Waals surface area (Å²) in [5.41, 5.74) is 7.45. The molecule has 2 heterocycles. The van der Waals surface area contributed by atoms with E-state index >= 15 is 0 Å². The van der Waals surface area contributed by atoms with Gasteiger partial charge in [-0.3, -0.25) is 0 Å². The molecule has 2 N–H and O–H groups in total. The van der Waals surface area contributed by atoms with Gasteiger partial charge in [0, 0.05) is 30.7 Å². The van der Waals surface area contributed by atoms with Crippen molar-refractivity contribution in [1.29, 1.82) is 0 Å². The Labute approximate surface area is 102 Å². The van der Waals surface area contributed by atoms with Crippen LogP contribution in [0.1, 0.15) is 38.3 Å². The molecule has 2 fully saturated rings. The second-order valence-corrected chi connectivity index (χ2v) is 5.63. The Kier molecular flexibility index (Phi) is 2.54. The molecule has 4 heteroatoms. The first-order chi connectivity index (χ1) is 8.17. The van der Waals surface area contributed by atoms with Crippen LogP contribution in [0.4, 0.5) is 5.95 Å². The summed E-state index contributed by atoms with van der Waals surface area (Å²) in [6, 6.07) is 2.42. The van der Waals surface area contributed by atoms with Crippen molar-refractivity contribution in [1.82, 2.24) is 9.97 Å². The average Bonchev–Trinajstić information content (AvgIpc) is 3.10. The van der Waals surface area contributed by atoms with Crippen LogP contribution in [-0.4, -0.2) is 29.1 Å². The minimum Gasteiger partial charge on any atom is -0.341 e. The maximum absolute atomic E-state index is 5.92. The highest BCUT2D eigenvalue weighted by Crippen LogP contribution is 2.46. The predicted molar refractivity (Wildman–Crippen MR) is 68.0 cm³/mol. The summed E-state index contributed by atoms with van der Waals surface area (Å²) in [6.07, 6.45) is 6.51. The van der Waals surface area contributed by atoms with Crippen LogP contribution in [0.15, 0.2) is 12.3 Å². The van der Waals surface area contributed by atoms with E-state index in [1.807, 2.05) is 6.20 Å². The van der Waals surface area contributed by atoms with Gasteiger partial charge >= 0.3 is 0 Å². The Hall–Kier alpha value is -1.16. The maximum Gasteiger partial charge on any atom is 0.225 e. The predicted octanol–water partition coefficient (Wildman–Crippen LogP) is 1.46. The summed E-state index contributed by atoms with van der Waals surface area (Å²) in [7, 11) is 0. The van der Waals surface area contributed by atoms with E-state index in [0.29, 0.717) is 11.5 Å². The largest absolute Gasteiger partial charge is 0.341 e. The van der Waals surface area contributed by atoms with Crippen LogP contribution in [0.25, 0.3) is 0 Å². The Morgan fingerprint density at radius 2 is 2.06 bits per heavy atom. The number of nitrogens with zero attached hydrogens (tertiary/aromatic N) is 3. The van der Waals surface area contributed by atoms with Crippen LogP contribution in [0.5, 0.6) is 0 Å². The van der Waals surface area contributed by atoms with E-state index in [1.54, 1.807) is 0 Å². The molecule has 1 aliphatic carbocycles. The molecule has 0 amide bonds. The second kappa shape index (κ2) is 3.95. The summed E-state index contributed by atoms with van der Waals surface area (Å²) in [5.74, 6) is 0.891. The van der Waals surface area contributed by atoms with Crippen molar-refractivity contribution >= 4 is 5.95 Å². The van der Waals surface area contributed by atoms with Crippen molar-refractivity contribution in [3.8, 4) is 0 Å². The molecule has 1 aromatic rings. The Balaban J connectivity index is 1.79. The first-order valence-corrected chi connectivity index (χ1v) is 6.51. The quantitative estimate of drug-likeness (QED) is 0.838. The van der Waals surface area contributed by atoms with Crippen molar-refractivity contribution in [3.05, 3.63) is 18.0 Å². The highest BCUT2D eigenvalue weighted by atomic mass is 15.3. The highest BCUT2D eigenvalue weighted by molar-refractivity contribution is 5.34. The zero-order valence-electron chi connectivity index (χ0n) is 10.4. The van der Waals surface area contributed by atoms with Gasteiger partial charge in [-0.15, -0.1) is 0 Å². The summed E-state index contributed by atoms with van der Waals surface area (Å²) < 4.78 is 0. The summed E-state index contributed by atoms with van der Waals surface area (Å²) in [6.45, 7) is 4.26. The lowest BCUT2D eigenvalue weighted by atomic mass is 10.1. The molecule has 4 nitrogen and oxygen atoms in total. The van der Waals surface area contributed by atoms with E-state index in [1.165, 1.54) is 18.5 Å². The van der Waals surface area contributed by atoms with Gasteiger partial charge < -0.3 is 10.6 Å². The molecule has 3 rings (SSSR count). The molecule has 17 heavy (non-hydrogen) atoms. The molecular formula is C13H20N4. The fourth-order valence-electron chi connectivity index (χ4n) is 2.38. The molecule has 0 radical (unpaired) electrons. The van der Waals surface area contributed by atoms with Crippen LogP contribution >= 0.6 is 0 Å². The van der Waals surface area contributed by atoms with Gasteiger partial charge in [-0.05, 0) is 31.7 Å². The third kappa shape index (κ3) is 2.14. The fourth-order valence-corrected chi connectivity index (χ4v) is 2.38. The molecule has 0 bridgehead atoms. The molecule has 1 saturated carbocycles.